The van der Waals surface area contributed by atoms with E-state index in [1.54, 1.807) is 30.3 Å². The van der Waals surface area contributed by atoms with Gasteiger partial charge >= 0.3 is 0 Å². The number of carbonyl (C=O) groups is 2. The van der Waals surface area contributed by atoms with Gasteiger partial charge in [0.1, 0.15) is 17.6 Å². The van der Waals surface area contributed by atoms with Crippen molar-refractivity contribution >= 4 is 34.7 Å². The lowest BCUT2D eigenvalue weighted by Crippen LogP contribution is -2.29. The number of benzene rings is 2. The van der Waals surface area contributed by atoms with Crippen LogP contribution >= 0.6 is 11.6 Å². The Hall–Kier alpha value is -3.51. The summed E-state index contributed by atoms with van der Waals surface area (Å²) in [5.41, 5.74) is 2.89. The predicted molar refractivity (Wildman–Crippen MR) is 116 cm³/mol. The molecule has 1 unspecified atom stereocenters. The first-order valence-corrected chi connectivity index (χ1v) is 9.92. The quantitative estimate of drug-likeness (QED) is 0.351. The maximum atomic E-state index is 13.7. The number of nitrogens with zero attached hydrogens (tertiary/aromatic N) is 2. The zero-order valence-corrected chi connectivity index (χ0v) is 17.5. The summed E-state index contributed by atoms with van der Waals surface area (Å²) in [6, 6.07) is 13.1. The van der Waals surface area contributed by atoms with Crippen LogP contribution in [0.25, 0.3) is 5.76 Å². The number of Topliss-reactive ketones (excluding diaryl/α,β-unsaturated/α-hetero) is 1. The van der Waals surface area contributed by atoms with E-state index < -0.39 is 23.5 Å². The highest BCUT2D eigenvalue weighted by molar-refractivity contribution is 6.51. The van der Waals surface area contributed by atoms with Gasteiger partial charge in [0, 0.05) is 17.4 Å². The number of aryl methyl sites for hydroxylation is 2. The van der Waals surface area contributed by atoms with Gasteiger partial charge < -0.3 is 5.11 Å². The van der Waals surface area contributed by atoms with Gasteiger partial charge in [0.15, 0.2) is 0 Å². The zero-order chi connectivity index (χ0) is 22.3. The molecule has 31 heavy (non-hydrogen) atoms. The van der Waals surface area contributed by atoms with Gasteiger partial charge in [-0.1, -0.05) is 29.8 Å². The molecule has 4 rings (SSSR count). The summed E-state index contributed by atoms with van der Waals surface area (Å²) in [4.78, 5) is 31.6. The average molecular weight is 437 g/mol. The summed E-state index contributed by atoms with van der Waals surface area (Å²) in [6.07, 6.45) is 1.53. The van der Waals surface area contributed by atoms with Gasteiger partial charge in [-0.25, -0.2) is 4.39 Å². The van der Waals surface area contributed by atoms with Crippen molar-refractivity contribution in [3.63, 3.8) is 0 Å². The Balaban J connectivity index is 1.95. The van der Waals surface area contributed by atoms with Gasteiger partial charge in [0.25, 0.3) is 11.7 Å². The molecule has 0 spiro atoms. The largest absolute Gasteiger partial charge is 0.507 e. The second-order valence-electron chi connectivity index (χ2n) is 7.32. The second kappa shape index (κ2) is 7.96. The minimum Gasteiger partial charge on any atom is -0.507 e. The molecule has 1 atom stereocenters. The minimum atomic E-state index is -0.996. The molecule has 0 radical (unpaired) electrons. The minimum absolute atomic E-state index is 0.0904. The molecule has 0 saturated carbocycles. The molecule has 0 bridgehead atoms. The summed E-state index contributed by atoms with van der Waals surface area (Å²) >= 11 is 5.92. The van der Waals surface area contributed by atoms with Crippen LogP contribution in [0.2, 0.25) is 5.02 Å². The highest BCUT2D eigenvalue weighted by Gasteiger charge is 2.47. The number of rotatable bonds is 3. The van der Waals surface area contributed by atoms with Crippen LogP contribution in [-0.4, -0.2) is 21.8 Å². The fraction of sp³-hybridized carbons (Fsp3) is 0.125. The fourth-order valence-corrected chi connectivity index (χ4v) is 3.77. The van der Waals surface area contributed by atoms with E-state index in [0.717, 1.165) is 17.2 Å². The smallest absolute Gasteiger partial charge is 0.300 e. The van der Waals surface area contributed by atoms with Crippen LogP contribution in [0.15, 0.2) is 66.4 Å². The van der Waals surface area contributed by atoms with E-state index in [1.807, 2.05) is 19.9 Å². The number of hydrogen-bond acceptors (Lipinski definition) is 4. The maximum Gasteiger partial charge on any atom is 0.300 e. The highest BCUT2D eigenvalue weighted by atomic mass is 35.5. The van der Waals surface area contributed by atoms with Crippen LogP contribution in [0.4, 0.5) is 10.1 Å². The summed E-state index contributed by atoms with van der Waals surface area (Å²) in [7, 11) is 0. The Bertz CT molecular complexity index is 1240. The molecule has 0 aliphatic carbocycles. The average Bonchev–Trinajstić information content (AvgIpc) is 3.03. The van der Waals surface area contributed by atoms with E-state index in [2.05, 4.69) is 4.98 Å². The van der Waals surface area contributed by atoms with Gasteiger partial charge in [0.2, 0.25) is 0 Å². The van der Waals surface area contributed by atoms with E-state index in [9.17, 15) is 19.1 Å². The summed E-state index contributed by atoms with van der Waals surface area (Å²) in [5.74, 6) is -2.66. The first-order chi connectivity index (χ1) is 14.8. The molecule has 156 valence electrons. The van der Waals surface area contributed by atoms with E-state index in [-0.39, 0.29) is 22.0 Å². The third-order valence-electron chi connectivity index (χ3n) is 5.37. The molecule has 1 amide bonds. The van der Waals surface area contributed by atoms with Gasteiger partial charge in [-0.3, -0.25) is 19.5 Å². The Morgan fingerprint density at radius 1 is 1.06 bits per heavy atom. The number of anilines is 1. The van der Waals surface area contributed by atoms with Crippen LogP contribution in [0.3, 0.4) is 0 Å². The maximum absolute atomic E-state index is 13.7. The number of aliphatic hydroxyl groups excluding tert-OH is 1. The lowest BCUT2D eigenvalue weighted by Gasteiger charge is -2.24. The molecule has 5 nitrogen and oxygen atoms in total. The van der Waals surface area contributed by atoms with Crippen molar-refractivity contribution in [2.75, 3.05) is 4.90 Å². The molecule has 1 N–H and O–H groups in total. The fourth-order valence-electron chi connectivity index (χ4n) is 3.60. The Labute approximate surface area is 183 Å². The first kappa shape index (κ1) is 20.8. The first-order valence-electron chi connectivity index (χ1n) is 9.54. The SMILES string of the molecule is Cc1ccc(/C(O)=C2\C(=O)C(=O)N(c3ccc(F)c(Cl)c3)C2c2ccccn2)cc1C. The lowest BCUT2D eigenvalue weighted by molar-refractivity contribution is -0.132. The molecule has 1 fully saturated rings. The van der Waals surface area contributed by atoms with Crippen molar-refractivity contribution < 1.29 is 19.1 Å². The summed E-state index contributed by atoms with van der Waals surface area (Å²) in [5, 5.41) is 10.9. The van der Waals surface area contributed by atoms with Gasteiger partial charge in [-0.05, 0) is 61.4 Å². The number of hydrogen-bond donors (Lipinski definition) is 1. The molecule has 1 aromatic heterocycles. The van der Waals surface area contributed by atoms with Gasteiger partial charge in [-0.2, -0.15) is 0 Å². The molecule has 2 heterocycles. The zero-order valence-electron chi connectivity index (χ0n) is 16.8. The molecular weight excluding hydrogens is 419 g/mol. The van der Waals surface area contributed by atoms with E-state index in [4.69, 9.17) is 11.6 Å². The number of amides is 1. The summed E-state index contributed by atoms with van der Waals surface area (Å²) in [6.45, 7) is 3.83. The number of carbonyl (C=O) groups excluding carboxylic acids is 2. The van der Waals surface area contributed by atoms with Crippen LogP contribution in [0, 0.1) is 19.7 Å². The number of halogens is 2. The Kier molecular flexibility index (Phi) is 5.33. The van der Waals surface area contributed by atoms with Gasteiger partial charge in [-0.15, -0.1) is 0 Å². The molecule has 3 aromatic rings. The van der Waals surface area contributed by atoms with E-state index in [1.165, 1.54) is 23.2 Å². The van der Waals surface area contributed by atoms with Crippen molar-refractivity contribution in [2.45, 2.75) is 19.9 Å². The van der Waals surface area contributed by atoms with E-state index >= 15 is 0 Å². The van der Waals surface area contributed by atoms with Crippen molar-refractivity contribution in [3.05, 3.63) is 99.6 Å². The van der Waals surface area contributed by atoms with Crippen LogP contribution < -0.4 is 4.90 Å². The van der Waals surface area contributed by atoms with Crippen LogP contribution in [0.1, 0.15) is 28.4 Å². The Morgan fingerprint density at radius 2 is 1.84 bits per heavy atom. The molecule has 2 aromatic carbocycles. The van der Waals surface area contributed by atoms with Gasteiger partial charge in [0.05, 0.1) is 16.3 Å². The monoisotopic (exact) mass is 436 g/mol. The summed E-state index contributed by atoms with van der Waals surface area (Å²) < 4.78 is 13.7. The molecule has 1 aliphatic rings. The molecule has 7 heteroatoms. The normalized spacial score (nSPS) is 17.9. The van der Waals surface area contributed by atoms with Crippen molar-refractivity contribution in [3.8, 4) is 0 Å². The molecule has 1 saturated heterocycles. The number of aliphatic hydroxyl groups is 1. The third-order valence-corrected chi connectivity index (χ3v) is 5.66. The van der Waals surface area contributed by atoms with Crippen molar-refractivity contribution in [1.29, 1.82) is 0 Å². The third kappa shape index (κ3) is 3.59. The van der Waals surface area contributed by atoms with Crippen LogP contribution in [-0.2, 0) is 9.59 Å². The predicted octanol–water partition coefficient (Wildman–Crippen LogP) is 5.12. The highest BCUT2D eigenvalue weighted by Crippen LogP contribution is 2.42. The standard InChI is InChI=1S/C24H18ClFN2O3/c1-13-6-7-15(11-14(13)2)22(29)20-21(19-5-3-4-10-27-19)28(24(31)23(20)30)16-8-9-18(26)17(25)12-16/h3-12,21,29H,1-2H3/b22-20+. The number of pyridine rings is 1. The molecule has 1 aliphatic heterocycles. The number of aromatic nitrogens is 1. The topological polar surface area (TPSA) is 70.5 Å². The van der Waals surface area contributed by atoms with E-state index in [0.29, 0.717) is 11.3 Å². The van der Waals surface area contributed by atoms with Crippen LogP contribution in [0.5, 0.6) is 0 Å². The molecular formula is C24H18ClFN2O3. The Morgan fingerprint density at radius 3 is 2.48 bits per heavy atom. The number of ketones is 1. The van der Waals surface area contributed by atoms with Crippen molar-refractivity contribution in [2.24, 2.45) is 0 Å². The van der Waals surface area contributed by atoms with Crippen molar-refractivity contribution in [1.82, 2.24) is 4.98 Å². The lowest BCUT2D eigenvalue weighted by atomic mass is 9.96. The second-order valence-corrected chi connectivity index (χ2v) is 7.73.